The van der Waals surface area contributed by atoms with Gasteiger partial charge in [-0.25, -0.2) is 9.97 Å². The van der Waals surface area contributed by atoms with Crippen LogP contribution in [-0.2, 0) is 4.79 Å². The molecule has 1 amide bonds. The van der Waals surface area contributed by atoms with Crippen molar-refractivity contribution >= 4 is 11.9 Å². The average molecular weight is 318 g/mol. The van der Waals surface area contributed by atoms with E-state index in [1.165, 1.54) is 0 Å². The largest absolute Gasteiger partial charge is 0.345 e. The molecule has 1 fully saturated rings. The minimum absolute atomic E-state index is 0.220. The predicted molar refractivity (Wildman–Crippen MR) is 93.5 cm³/mol. The second-order valence-corrected chi connectivity index (χ2v) is 7.82. The van der Waals surface area contributed by atoms with Gasteiger partial charge in [0, 0.05) is 43.5 Å². The number of aryl methyl sites for hydroxylation is 2. The molecular formula is C18H30N4O. The molecule has 128 valence electrons. The number of rotatable bonds is 3. The van der Waals surface area contributed by atoms with Gasteiger partial charge in [-0.1, -0.05) is 20.8 Å². The third-order valence-corrected chi connectivity index (χ3v) is 4.39. The average Bonchev–Trinajstić information content (AvgIpc) is 2.45. The van der Waals surface area contributed by atoms with Gasteiger partial charge >= 0.3 is 0 Å². The van der Waals surface area contributed by atoms with E-state index in [9.17, 15) is 4.79 Å². The molecule has 0 radical (unpaired) electrons. The molecule has 0 unspecified atom stereocenters. The maximum Gasteiger partial charge on any atom is 0.227 e. The molecule has 0 atom stereocenters. The molecule has 2 heterocycles. The number of amides is 1. The van der Waals surface area contributed by atoms with Crippen molar-refractivity contribution in [3.05, 3.63) is 17.5 Å². The molecule has 0 bridgehead atoms. The van der Waals surface area contributed by atoms with E-state index in [-0.39, 0.29) is 11.3 Å². The van der Waals surface area contributed by atoms with Crippen molar-refractivity contribution in [1.82, 2.24) is 14.9 Å². The Bertz CT molecular complexity index is 536. The highest BCUT2D eigenvalue weighted by atomic mass is 16.2. The molecular weight excluding hydrogens is 288 g/mol. The summed E-state index contributed by atoms with van der Waals surface area (Å²) in [5.41, 5.74) is 1.73. The highest BCUT2D eigenvalue weighted by Crippen LogP contribution is 2.23. The standard InChI is InChI=1S/C18H30N4O/c1-13-11-14(2)20-17(19-13)22-9-7-15(8-10-22)12-21(6)16(23)18(3,4)5/h11,15H,7-10,12H2,1-6H3. The second-order valence-electron chi connectivity index (χ2n) is 7.82. The normalized spacial score (nSPS) is 16.5. The Morgan fingerprint density at radius 3 is 2.22 bits per heavy atom. The zero-order chi connectivity index (χ0) is 17.2. The van der Waals surface area contributed by atoms with Crippen LogP contribution in [0.25, 0.3) is 0 Å². The molecule has 0 aliphatic carbocycles. The van der Waals surface area contributed by atoms with Gasteiger partial charge in [0.05, 0.1) is 0 Å². The summed E-state index contributed by atoms with van der Waals surface area (Å²) in [5, 5.41) is 0. The summed E-state index contributed by atoms with van der Waals surface area (Å²) in [4.78, 5) is 25.6. The topological polar surface area (TPSA) is 49.3 Å². The molecule has 1 aliphatic rings. The van der Waals surface area contributed by atoms with Crippen LogP contribution in [-0.4, -0.2) is 47.5 Å². The van der Waals surface area contributed by atoms with E-state index in [1.807, 2.05) is 52.6 Å². The molecule has 1 aromatic rings. The number of piperidine rings is 1. The molecule has 0 N–H and O–H groups in total. The molecule has 1 aromatic heterocycles. The number of carbonyl (C=O) groups excluding carboxylic acids is 1. The van der Waals surface area contributed by atoms with E-state index in [0.717, 1.165) is 49.8 Å². The van der Waals surface area contributed by atoms with Crippen molar-refractivity contribution in [2.24, 2.45) is 11.3 Å². The van der Waals surface area contributed by atoms with Crippen LogP contribution >= 0.6 is 0 Å². The zero-order valence-electron chi connectivity index (χ0n) is 15.4. The first-order chi connectivity index (χ1) is 10.7. The van der Waals surface area contributed by atoms with Crippen molar-refractivity contribution in [2.45, 2.75) is 47.5 Å². The smallest absolute Gasteiger partial charge is 0.227 e. The number of nitrogens with zero attached hydrogens (tertiary/aromatic N) is 4. The molecule has 5 heteroatoms. The fourth-order valence-corrected chi connectivity index (χ4v) is 3.21. The van der Waals surface area contributed by atoms with Crippen LogP contribution in [0.4, 0.5) is 5.95 Å². The second kappa shape index (κ2) is 6.85. The monoisotopic (exact) mass is 318 g/mol. The lowest BCUT2D eigenvalue weighted by Crippen LogP contribution is -2.43. The van der Waals surface area contributed by atoms with Gasteiger partial charge < -0.3 is 9.80 Å². The first-order valence-electron chi connectivity index (χ1n) is 8.49. The Balaban J connectivity index is 1.90. The van der Waals surface area contributed by atoms with Gasteiger partial charge in [0.1, 0.15) is 0 Å². The lowest BCUT2D eigenvalue weighted by Gasteiger charge is -2.35. The first kappa shape index (κ1) is 17.7. The van der Waals surface area contributed by atoms with Gasteiger partial charge in [0.15, 0.2) is 0 Å². The molecule has 2 rings (SSSR count). The van der Waals surface area contributed by atoms with Crippen LogP contribution in [0.15, 0.2) is 6.07 Å². The van der Waals surface area contributed by atoms with Crippen LogP contribution in [0, 0.1) is 25.2 Å². The number of aromatic nitrogens is 2. The van der Waals surface area contributed by atoms with Crippen molar-refractivity contribution in [3.63, 3.8) is 0 Å². The molecule has 0 aromatic carbocycles. The number of anilines is 1. The van der Waals surface area contributed by atoms with Crippen LogP contribution in [0.3, 0.4) is 0 Å². The summed E-state index contributed by atoms with van der Waals surface area (Å²) in [7, 11) is 1.92. The van der Waals surface area contributed by atoms with E-state index in [0.29, 0.717) is 5.92 Å². The van der Waals surface area contributed by atoms with E-state index in [1.54, 1.807) is 0 Å². The highest BCUT2D eigenvalue weighted by Gasteiger charge is 2.28. The molecule has 0 saturated carbocycles. The quantitative estimate of drug-likeness (QED) is 0.860. The number of carbonyl (C=O) groups is 1. The minimum atomic E-state index is -0.303. The van der Waals surface area contributed by atoms with Gasteiger partial charge in [-0.2, -0.15) is 0 Å². The number of hydrogen-bond donors (Lipinski definition) is 0. The Hall–Kier alpha value is -1.65. The molecule has 1 aliphatic heterocycles. The molecule has 23 heavy (non-hydrogen) atoms. The van der Waals surface area contributed by atoms with Crippen LogP contribution in [0.1, 0.15) is 45.0 Å². The summed E-state index contributed by atoms with van der Waals surface area (Å²) in [6.45, 7) is 12.7. The maximum atomic E-state index is 12.3. The van der Waals surface area contributed by atoms with E-state index in [2.05, 4.69) is 14.9 Å². The zero-order valence-corrected chi connectivity index (χ0v) is 15.4. The van der Waals surface area contributed by atoms with Crippen LogP contribution in [0.5, 0.6) is 0 Å². The third-order valence-electron chi connectivity index (χ3n) is 4.39. The first-order valence-corrected chi connectivity index (χ1v) is 8.49. The van der Waals surface area contributed by atoms with Gasteiger partial charge in [-0.15, -0.1) is 0 Å². The summed E-state index contributed by atoms with van der Waals surface area (Å²) in [5.74, 6) is 1.63. The predicted octanol–water partition coefficient (Wildman–Crippen LogP) is 2.81. The number of hydrogen-bond acceptors (Lipinski definition) is 4. The Kier molecular flexibility index (Phi) is 5.27. The van der Waals surface area contributed by atoms with Crippen LogP contribution < -0.4 is 4.90 Å². The summed E-state index contributed by atoms with van der Waals surface area (Å²) in [6.07, 6.45) is 2.16. The Morgan fingerprint density at radius 2 is 1.74 bits per heavy atom. The fraction of sp³-hybridized carbons (Fsp3) is 0.722. The highest BCUT2D eigenvalue weighted by molar-refractivity contribution is 5.81. The van der Waals surface area contributed by atoms with E-state index < -0.39 is 0 Å². The Morgan fingerprint density at radius 1 is 1.22 bits per heavy atom. The van der Waals surface area contributed by atoms with Gasteiger partial charge in [0.2, 0.25) is 11.9 Å². The van der Waals surface area contributed by atoms with Crippen LogP contribution in [0.2, 0.25) is 0 Å². The van der Waals surface area contributed by atoms with Gasteiger partial charge in [0.25, 0.3) is 0 Å². The summed E-state index contributed by atoms with van der Waals surface area (Å²) in [6, 6.07) is 2.00. The van der Waals surface area contributed by atoms with E-state index in [4.69, 9.17) is 0 Å². The van der Waals surface area contributed by atoms with Crippen molar-refractivity contribution in [3.8, 4) is 0 Å². The Labute approximate surface area is 140 Å². The van der Waals surface area contributed by atoms with Crippen molar-refractivity contribution in [2.75, 3.05) is 31.6 Å². The fourth-order valence-electron chi connectivity index (χ4n) is 3.21. The molecule has 1 saturated heterocycles. The molecule has 5 nitrogen and oxygen atoms in total. The minimum Gasteiger partial charge on any atom is -0.345 e. The SMILES string of the molecule is Cc1cc(C)nc(N2CCC(CN(C)C(=O)C(C)(C)C)CC2)n1. The maximum absolute atomic E-state index is 12.3. The summed E-state index contributed by atoms with van der Waals surface area (Å²) >= 11 is 0. The van der Waals surface area contributed by atoms with E-state index >= 15 is 0 Å². The van der Waals surface area contributed by atoms with Gasteiger partial charge in [-0.05, 0) is 38.7 Å². The lowest BCUT2D eigenvalue weighted by atomic mass is 9.92. The lowest BCUT2D eigenvalue weighted by molar-refractivity contribution is -0.138. The van der Waals surface area contributed by atoms with Gasteiger partial charge in [-0.3, -0.25) is 4.79 Å². The van der Waals surface area contributed by atoms with Crippen molar-refractivity contribution in [1.29, 1.82) is 0 Å². The third kappa shape index (κ3) is 4.66. The van der Waals surface area contributed by atoms with Crippen molar-refractivity contribution < 1.29 is 4.79 Å². The summed E-state index contributed by atoms with van der Waals surface area (Å²) < 4.78 is 0. The molecule has 0 spiro atoms.